The third-order valence-electron chi connectivity index (χ3n) is 3.52. The molecule has 2 amide bonds. The zero-order valence-electron chi connectivity index (χ0n) is 14.2. The van der Waals surface area contributed by atoms with Crippen LogP contribution in [-0.4, -0.2) is 35.4 Å². The van der Waals surface area contributed by atoms with Crippen molar-refractivity contribution in [2.45, 2.75) is 32.4 Å². The molecule has 2 rings (SSSR count). The van der Waals surface area contributed by atoms with Gasteiger partial charge in [-0.3, -0.25) is 4.99 Å². The smallest absolute Gasteiger partial charge is 0.319 e. The van der Waals surface area contributed by atoms with Crippen LogP contribution in [0.2, 0.25) is 5.02 Å². The van der Waals surface area contributed by atoms with E-state index in [2.05, 4.69) is 20.9 Å². The van der Waals surface area contributed by atoms with Gasteiger partial charge >= 0.3 is 6.03 Å². The molecule has 0 radical (unpaired) electrons. The summed E-state index contributed by atoms with van der Waals surface area (Å²) in [4.78, 5) is 16.0. The Kier molecular flexibility index (Phi) is 7.37. The second kappa shape index (κ2) is 9.30. The molecule has 26 heavy (non-hydrogen) atoms. The molecule has 2 atom stereocenters. The van der Waals surface area contributed by atoms with Crippen LogP contribution in [0, 0.1) is 5.82 Å². The number of urea groups is 1. The van der Waals surface area contributed by atoms with Gasteiger partial charge in [-0.2, -0.15) is 0 Å². The molecule has 2 unspecified atom stereocenters. The van der Waals surface area contributed by atoms with Crippen LogP contribution in [0.5, 0.6) is 0 Å². The lowest BCUT2D eigenvalue weighted by atomic mass is 10.1. The van der Waals surface area contributed by atoms with E-state index in [4.69, 9.17) is 35.0 Å². The fraction of sp³-hybridized carbons (Fsp3) is 0.375. The summed E-state index contributed by atoms with van der Waals surface area (Å²) in [6.45, 7) is 4.12. The van der Waals surface area contributed by atoms with E-state index < -0.39 is 11.8 Å². The van der Waals surface area contributed by atoms with E-state index in [9.17, 15) is 9.18 Å². The molecule has 0 saturated heterocycles. The van der Waals surface area contributed by atoms with Gasteiger partial charge in [0.15, 0.2) is 0 Å². The van der Waals surface area contributed by atoms with Crippen molar-refractivity contribution in [1.82, 2.24) is 15.1 Å². The Hall–Kier alpha value is -1.70. The number of benzene rings is 1. The van der Waals surface area contributed by atoms with Crippen molar-refractivity contribution in [3.05, 3.63) is 39.9 Å². The molecule has 1 heterocycles. The summed E-state index contributed by atoms with van der Waals surface area (Å²) in [7, 11) is 0. The van der Waals surface area contributed by atoms with Crippen molar-refractivity contribution < 1.29 is 9.18 Å². The van der Waals surface area contributed by atoms with Gasteiger partial charge in [-0.15, -0.1) is 0 Å². The molecule has 0 aromatic heterocycles. The van der Waals surface area contributed by atoms with Crippen LogP contribution in [0.4, 0.5) is 14.9 Å². The Labute approximate surface area is 166 Å². The van der Waals surface area contributed by atoms with Crippen molar-refractivity contribution in [1.29, 1.82) is 0 Å². The van der Waals surface area contributed by atoms with Gasteiger partial charge in [-0.05, 0) is 38.5 Å². The molecule has 142 valence electrons. The zero-order valence-corrected chi connectivity index (χ0v) is 16.5. The van der Waals surface area contributed by atoms with E-state index in [-0.39, 0.29) is 17.1 Å². The third kappa shape index (κ3) is 5.93. The molecule has 1 aromatic rings. The summed E-state index contributed by atoms with van der Waals surface area (Å²) < 4.78 is 14.5. The number of amides is 2. The van der Waals surface area contributed by atoms with Gasteiger partial charge in [0.05, 0.1) is 10.1 Å². The number of hydrogen-bond donors (Lipinski definition) is 3. The van der Waals surface area contributed by atoms with Gasteiger partial charge in [-0.1, -0.05) is 23.2 Å². The lowest BCUT2D eigenvalue weighted by Crippen LogP contribution is -2.42. The number of aliphatic imine (C=N–C) groups is 1. The Morgan fingerprint density at radius 3 is 2.73 bits per heavy atom. The number of carbonyl (C=O) groups excluding carboxylic acids is 1. The first kappa shape index (κ1) is 20.6. The monoisotopic (exact) mass is 421 g/mol. The highest BCUT2D eigenvalue weighted by Gasteiger charge is 2.18. The maximum atomic E-state index is 13.1. The number of hydrogen-bond acceptors (Lipinski definition) is 4. The number of rotatable bonds is 6. The fourth-order valence-electron chi connectivity index (χ4n) is 2.43. The predicted molar refractivity (Wildman–Crippen MR) is 104 cm³/mol. The average Bonchev–Trinajstić information content (AvgIpc) is 2.54. The van der Waals surface area contributed by atoms with Crippen LogP contribution in [0.15, 0.2) is 34.0 Å². The molecule has 0 aliphatic carbocycles. The number of nitrogens with one attached hydrogen (secondary N) is 3. The summed E-state index contributed by atoms with van der Waals surface area (Å²) in [6.07, 6.45) is 2.16. The molecule has 6 nitrogen and oxygen atoms in total. The van der Waals surface area contributed by atoms with E-state index in [0.717, 1.165) is 0 Å². The van der Waals surface area contributed by atoms with Crippen molar-refractivity contribution in [3.8, 4) is 0 Å². The second-order valence-corrected chi connectivity index (χ2v) is 7.14. The van der Waals surface area contributed by atoms with Crippen molar-refractivity contribution in [3.63, 3.8) is 0 Å². The first-order valence-electron chi connectivity index (χ1n) is 7.88. The van der Waals surface area contributed by atoms with Gasteiger partial charge < -0.3 is 16.0 Å². The number of anilines is 1. The van der Waals surface area contributed by atoms with E-state index >= 15 is 0 Å². The largest absolute Gasteiger partial charge is 0.367 e. The van der Waals surface area contributed by atoms with Crippen LogP contribution in [-0.2, 0) is 0 Å². The molecule has 0 bridgehead atoms. The Morgan fingerprint density at radius 2 is 2.08 bits per heavy atom. The SMILES string of the molecule is CC(CC(C)NC1=C(Cl)C=NCN1Cl)NC(=O)Nc1ccc(F)c(Cl)c1. The minimum Gasteiger partial charge on any atom is -0.367 e. The van der Waals surface area contributed by atoms with Crippen molar-refractivity contribution in [2.24, 2.45) is 4.99 Å². The summed E-state index contributed by atoms with van der Waals surface area (Å²) >= 11 is 17.8. The van der Waals surface area contributed by atoms with E-state index in [1.165, 1.54) is 22.6 Å². The molecular weight excluding hydrogens is 404 g/mol. The quantitative estimate of drug-likeness (QED) is 0.600. The van der Waals surface area contributed by atoms with Crippen molar-refractivity contribution >= 4 is 52.9 Å². The fourth-order valence-corrected chi connectivity index (χ4v) is 3.08. The van der Waals surface area contributed by atoms with Crippen LogP contribution in [0.3, 0.4) is 0 Å². The van der Waals surface area contributed by atoms with Gasteiger partial charge in [0.2, 0.25) is 0 Å². The van der Waals surface area contributed by atoms with E-state index in [1.807, 2.05) is 13.8 Å². The predicted octanol–water partition coefficient (Wildman–Crippen LogP) is 4.26. The summed E-state index contributed by atoms with van der Waals surface area (Å²) in [5.74, 6) is 0.0355. The highest BCUT2D eigenvalue weighted by molar-refractivity contribution is 6.40. The zero-order chi connectivity index (χ0) is 19.3. The summed E-state index contributed by atoms with van der Waals surface area (Å²) in [6, 6.07) is 3.41. The normalized spacial score (nSPS) is 16.3. The molecule has 1 aliphatic rings. The molecular formula is C16H19Cl3FN5O. The molecule has 1 aliphatic heterocycles. The van der Waals surface area contributed by atoms with Gasteiger partial charge in [0.25, 0.3) is 0 Å². The molecule has 0 fully saturated rings. The number of allylic oxidation sites excluding steroid dienone is 1. The molecule has 0 spiro atoms. The van der Waals surface area contributed by atoms with Crippen molar-refractivity contribution in [2.75, 3.05) is 12.0 Å². The molecule has 10 heteroatoms. The third-order valence-corrected chi connectivity index (χ3v) is 4.37. The van der Waals surface area contributed by atoms with Crippen LogP contribution >= 0.6 is 35.0 Å². The average molecular weight is 423 g/mol. The van der Waals surface area contributed by atoms with Crippen LogP contribution in [0.25, 0.3) is 0 Å². The van der Waals surface area contributed by atoms with Gasteiger partial charge in [0.1, 0.15) is 18.3 Å². The summed E-state index contributed by atoms with van der Waals surface area (Å²) in [5, 5.41) is 8.99. The maximum absolute atomic E-state index is 13.1. The summed E-state index contributed by atoms with van der Waals surface area (Å²) in [5.41, 5.74) is 0.406. The molecule has 1 aromatic carbocycles. The van der Waals surface area contributed by atoms with E-state index in [1.54, 1.807) is 6.21 Å². The Balaban J connectivity index is 1.83. The number of halogens is 4. The highest BCUT2D eigenvalue weighted by atomic mass is 35.5. The maximum Gasteiger partial charge on any atom is 0.319 e. The van der Waals surface area contributed by atoms with Crippen LogP contribution in [0.1, 0.15) is 20.3 Å². The highest BCUT2D eigenvalue weighted by Crippen LogP contribution is 2.20. The van der Waals surface area contributed by atoms with Crippen LogP contribution < -0.4 is 16.0 Å². The molecule has 3 N–H and O–H groups in total. The Morgan fingerprint density at radius 1 is 1.35 bits per heavy atom. The standard InChI is InChI=1S/C16H19Cl3FN5O/c1-9(22-15-13(18)7-21-8-25(15)19)5-10(2)23-16(26)24-11-3-4-14(20)12(17)6-11/h3-4,6-7,9-10,22H,5,8H2,1-2H3,(H2,23,24,26). The van der Waals surface area contributed by atoms with E-state index in [0.29, 0.717) is 29.6 Å². The first-order valence-corrected chi connectivity index (χ1v) is 8.97. The minimum absolute atomic E-state index is 0.0120. The topological polar surface area (TPSA) is 68.8 Å². The lowest BCUT2D eigenvalue weighted by molar-refractivity contribution is 0.247. The van der Waals surface area contributed by atoms with Gasteiger partial charge in [-0.25, -0.2) is 13.6 Å². The first-order chi connectivity index (χ1) is 12.3. The lowest BCUT2D eigenvalue weighted by Gasteiger charge is -2.27. The molecule has 0 saturated carbocycles. The minimum atomic E-state index is -0.542. The second-order valence-electron chi connectivity index (χ2n) is 5.92. The Bertz CT molecular complexity index is 728. The number of nitrogens with zero attached hydrogens (tertiary/aromatic N) is 2. The van der Waals surface area contributed by atoms with Gasteiger partial charge in [0, 0.05) is 35.8 Å². The number of carbonyl (C=O) groups is 1.